The first kappa shape index (κ1) is 16.5. The molecule has 2 rings (SSSR count). The molecule has 1 aliphatic rings. The molecular formula is C14H19BrN2O3S. The van der Waals surface area contributed by atoms with Gasteiger partial charge in [-0.3, -0.25) is 4.79 Å². The number of hydrogen-bond acceptors (Lipinski definition) is 3. The Hall–Kier alpha value is -0.920. The number of piperidine rings is 1. The summed E-state index contributed by atoms with van der Waals surface area (Å²) in [6, 6.07) is 5.90. The Labute approximate surface area is 133 Å². The molecule has 21 heavy (non-hydrogen) atoms. The van der Waals surface area contributed by atoms with Crippen LogP contribution in [0.15, 0.2) is 33.6 Å². The molecule has 5 nitrogen and oxygen atoms in total. The molecule has 7 heteroatoms. The maximum absolute atomic E-state index is 12.7. The van der Waals surface area contributed by atoms with Crippen LogP contribution >= 0.6 is 15.9 Å². The molecular weight excluding hydrogens is 356 g/mol. The fraction of sp³-hybridized carbons (Fsp3) is 0.500. The van der Waals surface area contributed by atoms with E-state index in [1.165, 1.54) is 4.31 Å². The minimum Gasteiger partial charge on any atom is -0.355 e. The van der Waals surface area contributed by atoms with Crippen LogP contribution in [0.4, 0.5) is 0 Å². The molecule has 1 heterocycles. The Morgan fingerprint density at radius 1 is 1.33 bits per heavy atom. The first-order valence-corrected chi connectivity index (χ1v) is 9.25. The molecule has 1 fully saturated rings. The van der Waals surface area contributed by atoms with E-state index in [2.05, 4.69) is 21.2 Å². The Balaban J connectivity index is 2.31. The average molecular weight is 375 g/mol. The highest BCUT2D eigenvalue weighted by Crippen LogP contribution is 2.26. The monoisotopic (exact) mass is 374 g/mol. The van der Waals surface area contributed by atoms with Crippen molar-refractivity contribution in [1.29, 1.82) is 0 Å². The molecule has 0 radical (unpaired) electrons. The van der Waals surface area contributed by atoms with E-state index in [-0.39, 0.29) is 10.8 Å². The quantitative estimate of drug-likeness (QED) is 0.877. The summed E-state index contributed by atoms with van der Waals surface area (Å²) in [5, 5.41) is 2.73. The van der Waals surface area contributed by atoms with E-state index in [1.807, 2.05) is 6.92 Å². The average Bonchev–Trinajstić information content (AvgIpc) is 2.48. The van der Waals surface area contributed by atoms with Crippen molar-refractivity contribution in [3.8, 4) is 0 Å². The lowest BCUT2D eigenvalue weighted by atomic mass is 10.0. The normalized spacial score (nSPS) is 20.2. The van der Waals surface area contributed by atoms with Gasteiger partial charge in [-0.05, 0) is 44.0 Å². The number of hydrogen-bond donors (Lipinski definition) is 1. The Bertz CT molecular complexity index is 601. The zero-order valence-electron chi connectivity index (χ0n) is 11.9. The number of amides is 1. The van der Waals surface area contributed by atoms with Crippen molar-refractivity contribution >= 4 is 31.9 Å². The molecule has 0 aliphatic carbocycles. The van der Waals surface area contributed by atoms with E-state index in [1.54, 1.807) is 24.3 Å². The first-order chi connectivity index (χ1) is 9.96. The van der Waals surface area contributed by atoms with Crippen LogP contribution in [0.1, 0.15) is 26.2 Å². The number of carbonyl (C=O) groups excluding carboxylic acids is 1. The Morgan fingerprint density at radius 3 is 2.62 bits per heavy atom. The molecule has 1 aliphatic heterocycles. The van der Waals surface area contributed by atoms with E-state index in [9.17, 15) is 13.2 Å². The van der Waals surface area contributed by atoms with Crippen molar-refractivity contribution in [2.75, 3.05) is 13.1 Å². The van der Waals surface area contributed by atoms with E-state index >= 15 is 0 Å². The predicted molar refractivity (Wildman–Crippen MR) is 84.4 cm³/mol. The Morgan fingerprint density at radius 2 is 2.00 bits per heavy atom. The number of sulfonamides is 1. The standard InChI is InChI=1S/C14H19BrN2O3S/c1-2-16-14(18)13-5-3-4-10-17(13)21(19,20)12-8-6-11(15)7-9-12/h6-9,13H,2-5,10H2,1H3,(H,16,18). The van der Waals surface area contributed by atoms with Crippen LogP contribution in [0.2, 0.25) is 0 Å². The second kappa shape index (κ2) is 6.89. The zero-order valence-corrected chi connectivity index (χ0v) is 14.3. The van der Waals surface area contributed by atoms with Gasteiger partial charge in [0.1, 0.15) is 6.04 Å². The number of carbonyl (C=O) groups is 1. The molecule has 1 unspecified atom stereocenters. The van der Waals surface area contributed by atoms with Gasteiger partial charge in [0.05, 0.1) is 4.90 Å². The zero-order chi connectivity index (χ0) is 15.5. The molecule has 0 aromatic heterocycles. The topological polar surface area (TPSA) is 66.5 Å². The van der Waals surface area contributed by atoms with Crippen molar-refractivity contribution in [3.63, 3.8) is 0 Å². The van der Waals surface area contributed by atoms with Crippen LogP contribution in [-0.2, 0) is 14.8 Å². The largest absolute Gasteiger partial charge is 0.355 e. The van der Waals surface area contributed by atoms with E-state index in [0.29, 0.717) is 19.5 Å². The minimum atomic E-state index is -3.64. The van der Waals surface area contributed by atoms with Gasteiger partial charge in [0.2, 0.25) is 15.9 Å². The smallest absolute Gasteiger partial charge is 0.243 e. The second-order valence-electron chi connectivity index (χ2n) is 4.98. The number of benzene rings is 1. The molecule has 0 spiro atoms. The SMILES string of the molecule is CCNC(=O)C1CCCCN1S(=O)(=O)c1ccc(Br)cc1. The van der Waals surface area contributed by atoms with Crippen molar-refractivity contribution in [1.82, 2.24) is 9.62 Å². The second-order valence-corrected chi connectivity index (χ2v) is 7.78. The maximum Gasteiger partial charge on any atom is 0.243 e. The van der Waals surface area contributed by atoms with Gasteiger partial charge in [0.15, 0.2) is 0 Å². The molecule has 0 saturated carbocycles. The fourth-order valence-electron chi connectivity index (χ4n) is 2.49. The molecule has 1 aromatic rings. The first-order valence-electron chi connectivity index (χ1n) is 7.02. The van der Waals surface area contributed by atoms with Crippen LogP contribution in [0.25, 0.3) is 0 Å². The molecule has 116 valence electrons. The summed E-state index contributed by atoms with van der Waals surface area (Å²) in [6.45, 7) is 2.72. The molecule has 0 bridgehead atoms. The van der Waals surface area contributed by atoms with Gasteiger partial charge in [-0.2, -0.15) is 4.31 Å². The van der Waals surface area contributed by atoms with Crippen LogP contribution in [0.5, 0.6) is 0 Å². The highest BCUT2D eigenvalue weighted by atomic mass is 79.9. The lowest BCUT2D eigenvalue weighted by Crippen LogP contribution is -2.51. The highest BCUT2D eigenvalue weighted by molar-refractivity contribution is 9.10. The predicted octanol–water partition coefficient (Wildman–Crippen LogP) is 2.13. The molecule has 1 saturated heterocycles. The van der Waals surface area contributed by atoms with Crippen LogP contribution < -0.4 is 5.32 Å². The van der Waals surface area contributed by atoms with E-state index < -0.39 is 16.1 Å². The number of nitrogens with one attached hydrogen (secondary N) is 1. The third kappa shape index (κ3) is 3.64. The van der Waals surface area contributed by atoms with E-state index in [0.717, 1.165) is 17.3 Å². The van der Waals surface area contributed by atoms with Crippen LogP contribution in [0.3, 0.4) is 0 Å². The lowest BCUT2D eigenvalue weighted by Gasteiger charge is -2.33. The molecule has 1 amide bonds. The van der Waals surface area contributed by atoms with Crippen LogP contribution in [0, 0.1) is 0 Å². The van der Waals surface area contributed by atoms with Crippen molar-refractivity contribution < 1.29 is 13.2 Å². The number of nitrogens with zero attached hydrogens (tertiary/aromatic N) is 1. The number of rotatable bonds is 4. The number of halogens is 1. The third-order valence-corrected chi connectivity index (χ3v) is 5.98. The maximum atomic E-state index is 12.7. The summed E-state index contributed by atoms with van der Waals surface area (Å²) in [5.74, 6) is -0.210. The summed E-state index contributed by atoms with van der Waals surface area (Å²) in [4.78, 5) is 12.3. The van der Waals surface area contributed by atoms with Gasteiger partial charge in [0.25, 0.3) is 0 Å². The lowest BCUT2D eigenvalue weighted by molar-refractivity contribution is -0.125. The van der Waals surface area contributed by atoms with Gasteiger partial charge in [-0.25, -0.2) is 8.42 Å². The van der Waals surface area contributed by atoms with Gasteiger partial charge in [-0.15, -0.1) is 0 Å². The fourth-order valence-corrected chi connectivity index (χ4v) is 4.41. The number of likely N-dealkylation sites (N-methyl/N-ethyl adjacent to an activating group) is 1. The minimum absolute atomic E-state index is 0.210. The summed E-state index contributed by atoms with van der Waals surface area (Å²) in [7, 11) is -3.64. The van der Waals surface area contributed by atoms with Crippen LogP contribution in [-0.4, -0.2) is 37.8 Å². The van der Waals surface area contributed by atoms with Crippen molar-refractivity contribution in [2.24, 2.45) is 0 Å². The summed E-state index contributed by atoms with van der Waals surface area (Å²) < 4.78 is 27.7. The summed E-state index contributed by atoms with van der Waals surface area (Å²) >= 11 is 3.29. The van der Waals surface area contributed by atoms with Crippen molar-refractivity contribution in [2.45, 2.75) is 37.1 Å². The van der Waals surface area contributed by atoms with Gasteiger partial charge >= 0.3 is 0 Å². The van der Waals surface area contributed by atoms with Crippen molar-refractivity contribution in [3.05, 3.63) is 28.7 Å². The Kier molecular flexibility index (Phi) is 5.40. The molecule has 1 N–H and O–H groups in total. The summed E-state index contributed by atoms with van der Waals surface area (Å²) in [5.41, 5.74) is 0. The van der Waals surface area contributed by atoms with E-state index in [4.69, 9.17) is 0 Å². The molecule has 1 aromatic carbocycles. The highest BCUT2D eigenvalue weighted by Gasteiger charge is 2.37. The molecule has 1 atom stereocenters. The third-order valence-electron chi connectivity index (χ3n) is 3.53. The summed E-state index contributed by atoms with van der Waals surface area (Å²) in [6.07, 6.45) is 2.22. The van der Waals surface area contributed by atoms with Gasteiger partial charge < -0.3 is 5.32 Å². The van der Waals surface area contributed by atoms with Gasteiger partial charge in [-0.1, -0.05) is 22.4 Å². The van der Waals surface area contributed by atoms with Gasteiger partial charge in [0, 0.05) is 17.6 Å².